The molecule has 0 aliphatic carbocycles. The lowest BCUT2D eigenvalue weighted by molar-refractivity contribution is -0.660. The molecule has 0 radical (unpaired) electrons. The molecule has 0 atom stereocenters. The summed E-state index contributed by atoms with van der Waals surface area (Å²) in [6.45, 7) is 19.6. The van der Waals surface area contributed by atoms with Gasteiger partial charge in [0, 0.05) is 97.9 Å². The molecular weight excluding hydrogens is 1300 g/mol. The Kier molecular flexibility index (Phi) is 22.3. The third-order valence-electron chi connectivity index (χ3n) is 20.6. The second-order valence-electron chi connectivity index (χ2n) is 28.5. The minimum Gasteiger partial charge on any atom is -0.455 e. The topological polar surface area (TPSA) is 45.7 Å². The minimum atomic E-state index is 0.500. The Bertz CT molecular complexity index is 5870. The summed E-state index contributed by atoms with van der Waals surface area (Å²) in [7, 11) is 10.5. The molecule has 7 heteroatoms. The van der Waals surface area contributed by atoms with Crippen molar-refractivity contribution in [1.82, 2.24) is 0 Å². The maximum Gasteiger partial charge on any atom is 0.216 e. The molecule has 10 aromatic carbocycles. The van der Waals surface area contributed by atoms with Crippen LogP contribution in [-0.2, 0) is 35.2 Å². The Labute approximate surface area is 631 Å². The Morgan fingerprint density at radius 1 is 0.243 bits per heavy atom. The average Bonchev–Trinajstić information content (AvgIpc) is 1.63. The van der Waals surface area contributed by atoms with Crippen molar-refractivity contribution in [1.29, 1.82) is 0 Å². The Balaban J connectivity index is 0.000000118. The van der Waals surface area contributed by atoms with Crippen molar-refractivity contribution < 1.29 is 31.7 Å². The van der Waals surface area contributed by atoms with Crippen molar-refractivity contribution in [3.8, 4) is 89.7 Å². The third kappa shape index (κ3) is 16.0. The van der Waals surface area contributed by atoms with E-state index in [4.69, 9.17) is 8.83 Å². The molecule has 0 spiro atoms. The van der Waals surface area contributed by atoms with Gasteiger partial charge in [0.25, 0.3) is 0 Å². The van der Waals surface area contributed by atoms with Gasteiger partial charge < -0.3 is 8.83 Å². The molecule has 17 rings (SSSR count). The number of nitrogens with zero attached hydrogens (tertiary/aromatic N) is 5. The molecule has 0 saturated carbocycles. The first-order valence-electron chi connectivity index (χ1n) is 37.0. The van der Waals surface area contributed by atoms with Crippen molar-refractivity contribution in [3.05, 3.63) is 367 Å². The van der Waals surface area contributed by atoms with Gasteiger partial charge in [0.15, 0.2) is 31.0 Å². The predicted octanol–water partition coefficient (Wildman–Crippen LogP) is 23.0. The van der Waals surface area contributed by atoms with Crippen LogP contribution in [0.1, 0.15) is 64.3 Å². The van der Waals surface area contributed by atoms with Gasteiger partial charge in [-0.25, -0.2) is 22.8 Å². The number of furan rings is 2. The highest BCUT2D eigenvalue weighted by Gasteiger charge is 2.24. The summed E-state index contributed by atoms with van der Waals surface area (Å²) in [6, 6.07) is 102. The van der Waals surface area contributed by atoms with Crippen molar-refractivity contribution in [3.63, 3.8) is 0 Å². The van der Waals surface area contributed by atoms with Gasteiger partial charge in [-0.3, -0.25) is 0 Å². The van der Waals surface area contributed by atoms with E-state index in [9.17, 15) is 0 Å². The number of rotatable bonds is 9. The van der Waals surface area contributed by atoms with Gasteiger partial charge in [-0.15, -0.1) is 0 Å². The number of aryl methyl sites for hydroxylation is 12. The molecule has 0 aliphatic rings. The molecule has 0 aliphatic heterocycles. The minimum absolute atomic E-state index is 0.500. The fourth-order valence-electron chi connectivity index (χ4n) is 14.5. The first-order valence-corrected chi connectivity index (χ1v) is 37.0. The lowest BCUT2D eigenvalue weighted by atomic mass is 9.97. The molecule has 0 N–H and O–H groups in total. The number of hydrogen-bond acceptors (Lipinski definition) is 2. The predicted molar refractivity (Wildman–Crippen MR) is 443 cm³/mol. The van der Waals surface area contributed by atoms with Crippen LogP contribution < -0.4 is 22.8 Å². The van der Waals surface area contributed by atoms with Gasteiger partial charge >= 0.3 is 0 Å². The van der Waals surface area contributed by atoms with Crippen LogP contribution in [0.15, 0.2) is 331 Å². The zero-order valence-corrected chi connectivity index (χ0v) is 64.2. The van der Waals surface area contributed by atoms with Crippen molar-refractivity contribution in [2.45, 2.75) is 68.2 Å². The molecular formula is C100H96N5O2+5. The Hall–Kier alpha value is -12.5. The number of hydrogen-bond donors (Lipinski definition) is 0. The zero-order valence-electron chi connectivity index (χ0n) is 64.2. The summed E-state index contributed by atoms with van der Waals surface area (Å²) >= 11 is 0. The first-order chi connectivity index (χ1) is 51.9. The van der Waals surface area contributed by atoms with Gasteiger partial charge in [-0.2, -0.15) is 0 Å². The summed E-state index contributed by atoms with van der Waals surface area (Å²) in [6.07, 6.45) is 10.8. The highest BCUT2D eigenvalue weighted by atomic mass is 16.3. The van der Waals surface area contributed by atoms with Crippen LogP contribution in [0.4, 0.5) is 0 Å². The lowest BCUT2D eigenvalue weighted by Gasteiger charge is -2.09. The first kappa shape index (κ1) is 72.9. The second kappa shape index (κ2) is 32.7. The van der Waals surface area contributed by atoms with E-state index in [0.29, 0.717) is 5.92 Å². The van der Waals surface area contributed by atoms with Crippen LogP contribution in [-0.4, -0.2) is 0 Å². The Morgan fingerprint density at radius 2 is 0.636 bits per heavy atom. The van der Waals surface area contributed by atoms with Gasteiger partial charge in [0.2, 0.25) is 28.5 Å². The zero-order chi connectivity index (χ0) is 74.8. The third-order valence-corrected chi connectivity index (χ3v) is 20.6. The van der Waals surface area contributed by atoms with Gasteiger partial charge in [0.1, 0.15) is 57.6 Å². The van der Waals surface area contributed by atoms with Crippen LogP contribution >= 0.6 is 0 Å². The molecule has 0 amide bonds. The molecule has 17 aromatic rings. The number of aromatic nitrogens is 5. The number of fused-ring (bicyclic) bond motifs is 6. The van der Waals surface area contributed by atoms with Gasteiger partial charge in [0.05, 0.1) is 11.1 Å². The van der Waals surface area contributed by atoms with Crippen LogP contribution in [0, 0.1) is 48.5 Å². The number of benzene rings is 10. The summed E-state index contributed by atoms with van der Waals surface area (Å²) in [5, 5.41) is 4.71. The SMILES string of the molecule is Cc1cc(-c2ccccc2C)[n+](C)cc1-c1ccccc1.Cc1cc(-c2ccccc2C)[n+](C)cc1-c1ccccc1.Cc1ccc(-c2ccccc2)cc1-c1cccc[n+]1C.Cc1ccc2c(oc3ccccc32)c1-c1cc(C(C)C)cc[n+]1C.Cc1ccc2c(oc3ccccc32)c1-c1cccc[n+]1C. The van der Waals surface area contributed by atoms with E-state index in [1.165, 1.54) is 156 Å². The lowest BCUT2D eigenvalue weighted by Crippen LogP contribution is -2.31. The maximum absolute atomic E-state index is 6.26. The number of para-hydroxylation sites is 2. The van der Waals surface area contributed by atoms with E-state index in [1.54, 1.807) is 0 Å². The highest BCUT2D eigenvalue weighted by molar-refractivity contribution is 6.11. The van der Waals surface area contributed by atoms with Crippen LogP contribution in [0.3, 0.4) is 0 Å². The molecule has 0 bridgehead atoms. The molecule has 0 saturated heterocycles. The Morgan fingerprint density at radius 3 is 1.10 bits per heavy atom. The highest BCUT2D eigenvalue weighted by Crippen LogP contribution is 2.40. The van der Waals surface area contributed by atoms with Crippen LogP contribution in [0.25, 0.3) is 134 Å². The van der Waals surface area contributed by atoms with Crippen LogP contribution in [0.5, 0.6) is 0 Å². The normalized spacial score (nSPS) is 11.0. The largest absolute Gasteiger partial charge is 0.455 e. The molecule has 0 fully saturated rings. The smallest absolute Gasteiger partial charge is 0.216 e. The quantitative estimate of drug-likeness (QED) is 0.135. The summed E-state index contributed by atoms with van der Waals surface area (Å²) in [5.41, 5.74) is 34.1. The molecule has 7 aromatic heterocycles. The molecule has 7 heterocycles. The second-order valence-corrected chi connectivity index (χ2v) is 28.5. The van der Waals surface area contributed by atoms with Crippen molar-refractivity contribution in [2.24, 2.45) is 35.2 Å². The van der Waals surface area contributed by atoms with E-state index in [0.717, 1.165) is 22.3 Å². The van der Waals surface area contributed by atoms with Crippen LogP contribution in [0.2, 0.25) is 0 Å². The van der Waals surface area contributed by atoms with Crippen molar-refractivity contribution >= 4 is 43.9 Å². The monoisotopic (exact) mass is 1400 g/mol. The van der Waals surface area contributed by atoms with E-state index < -0.39 is 0 Å². The van der Waals surface area contributed by atoms with E-state index >= 15 is 0 Å². The molecule has 0 unspecified atom stereocenters. The van der Waals surface area contributed by atoms with E-state index in [2.05, 4.69) is 412 Å². The summed E-state index contributed by atoms with van der Waals surface area (Å²) < 4.78 is 23.3. The van der Waals surface area contributed by atoms with Crippen molar-refractivity contribution in [2.75, 3.05) is 0 Å². The molecule has 7 nitrogen and oxygen atoms in total. The fourth-order valence-corrected chi connectivity index (χ4v) is 14.5. The molecule has 528 valence electrons. The standard InChI is InChI=1S/C22H22NO.2C20H20N.C19H16NO.C19H18N/c1-14(2)16-11-12-23(4)19(13-16)21-15(3)9-10-18-17-7-5-6-8-20(17)24-22(18)21;2*1-15-9-7-8-12-18(15)20-13-16(2)19(14-21(20)3)17-10-5-4-6-11-17;1-13-10-11-15-14-7-3-4-9-17(14)21-19(15)18(13)16-8-5-6-12-20(16)2;1-15-11-12-17(16-8-4-3-5-9-16)14-18(15)19-10-6-7-13-20(19)2/h5-14H,1-4H3;2*4-14H,1-3H3;3-12H,1-2H3;3-14H,1-2H3/q5*+1. The van der Waals surface area contributed by atoms with Gasteiger partial charge in [-0.05, 0) is 164 Å². The summed E-state index contributed by atoms with van der Waals surface area (Å²) in [4.78, 5) is 0. The van der Waals surface area contributed by atoms with E-state index in [1.807, 2.05) is 30.3 Å². The maximum atomic E-state index is 6.26. The average molecular weight is 1400 g/mol. The fraction of sp³-hybridized carbons (Fsp3) is 0.150. The number of pyridine rings is 5. The molecule has 107 heavy (non-hydrogen) atoms. The van der Waals surface area contributed by atoms with E-state index in [-0.39, 0.29) is 0 Å². The summed E-state index contributed by atoms with van der Waals surface area (Å²) in [5.74, 6) is 0.500. The van der Waals surface area contributed by atoms with Gasteiger partial charge in [-0.1, -0.05) is 214 Å².